The van der Waals surface area contributed by atoms with Gasteiger partial charge in [-0.25, -0.2) is 4.98 Å². The van der Waals surface area contributed by atoms with Crippen molar-refractivity contribution in [3.63, 3.8) is 0 Å². The van der Waals surface area contributed by atoms with Crippen LogP contribution in [-0.4, -0.2) is 28.9 Å². The molecule has 3 aromatic rings. The molecule has 3 rings (SSSR count). The van der Waals surface area contributed by atoms with Gasteiger partial charge in [-0.3, -0.25) is 4.79 Å². The second-order valence-corrected chi connectivity index (χ2v) is 6.38. The van der Waals surface area contributed by atoms with Crippen LogP contribution >= 0.6 is 11.8 Å². The minimum atomic E-state index is -0.790. The van der Waals surface area contributed by atoms with E-state index in [-0.39, 0.29) is 6.42 Å². The number of fused-ring (bicyclic) bond motifs is 1. The highest BCUT2D eigenvalue weighted by Gasteiger charge is 2.10. The van der Waals surface area contributed by atoms with Crippen molar-refractivity contribution in [2.75, 3.05) is 12.9 Å². The van der Waals surface area contributed by atoms with Gasteiger partial charge in [0.15, 0.2) is 0 Å². The van der Waals surface area contributed by atoms with Crippen molar-refractivity contribution in [1.82, 2.24) is 4.98 Å². The van der Waals surface area contributed by atoms with Crippen molar-refractivity contribution >= 4 is 28.6 Å². The lowest BCUT2D eigenvalue weighted by atomic mass is 10.1. The minimum absolute atomic E-state index is 0.124. The van der Waals surface area contributed by atoms with Crippen LogP contribution in [0.2, 0.25) is 0 Å². The molecule has 2 aromatic carbocycles. The topological polar surface area (TPSA) is 59.4 Å². The predicted molar refractivity (Wildman–Crippen MR) is 96.7 cm³/mol. The van der Waals surface area contributed by atoms with Crippen LogP contribution in [0.15, 0.2) is 59.5 Å². The number of carbonyl (C=O) groups is 1. The Morgan fingerprint density at radius 2 is 1.96 bits per heavy atom. The van der Waals surface area contributed by atoms with Gasteiger partial charge in [0.25, 0.3) is 0 Å². The summed E-state index contributed by atoms with van der Waals surface area (Å²) in [5.74, 6) is 0.485. The molecule has 0 atom stereocenters. The smallest absolute Gasteiger partial charge is 0.304 e. The third kappa shape index (κ3) is 3.68. The number of benzene rings is 2. The van der Waals surface area contributed by atoms with Crippen LogP contribution in [0.25, 0.3) is 22.2 Å². The highest BCUT2D eigenvalue weighted by molar-refractivity contribution is 7.99. The van der Waals surface area contributed by atoms with Crippen LogP contribution in [0.5, 0.6) is 5.75 Å². The van der Waals surface area contributed by atoms with Gasteiger partial charge >= 0.3 is 5.97 Å². The summed E-state index contributed by atoms with van der Waals surface area (Å²) in [6, 6.07) is 17.7. The molecular formula is C19H17NO3S. The Morgan fingerprint density at radius 1 is 1.17 bits per heavy atom. The third-order valence-corrected chi connectivity index (χ3v) is 4.68. The van der Waals surface area contributed by atoms with Crippen molar-refractivity contribution in [2.45, 2.75) is 11.3 Å². The molecule has 24 heavy (non-hydrogen) atoms. The molecule has 1 N–H and O–H groups in total. The van der Waals surface area contributed by atoms with Gasteiger partial charge in [0.05, 0.1) is 24.7 Å². The van der Waals surface area contributed by atoms with Crippen LogP contribution in [0.1, 0.15) is 6.42 Å². The molecule has 5 heteroatoms. The van der Waals surface area contributed by atoms with Crippen molar-refractivity contribution in [2.24, 2.45) is 0 Å². The lowest BCUT2D eigenvalue weighted by molar-refractivity contribution is -0.136. The number of hydrogen-bond acceptors (Lipinski definition) is 4. The summed E-state index contributed by atoms with van der Waals surface area (Å²) in [5, 5.41) is 9.85. The first kappa shape index (κ1) is 16.3. The van der Waals surface area contributed by atoms with Crippen LogP contribution in [0.4, 0.5) is 0 Å². The van der Waals surface area contributed by atoms with E-state index in [4.69, 9.17) is 14.8 Å². The molecule has 0 saturated heterocycles. The standard InChI is InChI=1S/C19H17NO3S/c1-23-14-7-8-16-15(11-14)18(24-10-9-19(21)22)12-17(20-16)13-5-3-2-4-6-13/h2-8,11-12H,9-10H2,1H3,(H,21,22). The zero-order valence-electron chi connectivity index (χ0n) is 13.2. The number of nitrogens with zero attached hydrogens (tertiary/aromatic N) is 1. The molecule has 0 aliphatic rings. The molecule has 122 valence electrons. The lowest BCUT2D eigenvalue weighted by Crippen LogP contribution is -1.96. The molecule has 1 heterocycles. The fourth-order valence-electron chi connectivity index (χ4n) is 2.43. The monoisotopic (exact) mass is 339 g/mol. The summed E-state index contributed by atoms with van der Waals surface area (Å²) in [4.78, 5) is 16.5. The van der Waals surface area contributed by atoms with Crippen molar-refractivity contribution in [1.29, 1.82) is 0 Å². The number of carboxylic acids is 1. The zero-order valence-corrected chi connectivity index (χ0v) is 14.0. The number of carboxylic acid groups (broad SMARTS) is 1. The maximum atomic E-state index is 10.8. The maximum Gasteiger partial charge on any atom is 0.304 e. The summed E-state index contributed by atoms with van der Waals surface area (Å²) in [7, 11) is 1.63. The van der Waals surface area contributed by atoms with Crippen molar-refractivity contribution in [3.05, 3.63) is 54.6 Å². The van der Waals surface area contributed by atoms with Crippen LogP contribution < -0.4 is 4.74 Å². The van der Waals surface area contributed by atoms with E-state index in [1.165, 1.54) is 11.8 Å². The van der Waals surface area contributed by atoms with Gasteiger partial charge in [0.2, 0.25) is 0 Å². The molecule has 0 bridgehead atoms. The van der Waals surface area contributed by atoms with Gasteiger partial charge in [0.1, 0.15) is 5.75 Å². The number of thioether (sulfide) groups is 1. The van der Waals surface area contributed by atoms with E-state index in [2.05, 4.69) is 0 Å². The quantitative estimate of drug-likeness (QED) is 0.671. The molecule has 0 aliphatic heterocycles. The Labute approximate surface area is 144 Å². The number of aliphatic carboxylic acids is 1. The van der Waals surface area contributed by atoms with Crippen molar-refractivity contribution < 1.29 is 14.6 Å². The van der Waals surface area contributed by atoms with Gasteiger partial charge < -0.3 is 9.84 Å². The van der Waals surface area contributed by atoms with Crippen LogP contribution in [0.3, 0.4) is 0 Å². The van der Waals surface area contributed by atoms with Gasteiger partial charge in [-0.2, -0.15) is 0 Å². The van der Waals surface area contributed by atoms with E-state index in [1.807, 2.05) is 54.6 Å². The number of methoxy groups -OCH3 is 1. The largest absolute Gasteiger partial charge is 0.497 e. The predicted octanol–water partition coefficient (Wildman–Crippen LogP) is 4.48. The first-order valence-electron chi connectivity index (χ1n) is 7.56. The Bertz CT molecular complexity index is 865. The fourth-order valence-corrected chi connectivity index (χ4v) is 3.44. The Balaban J connectivity index is 2.07. The van der Waals surface area contributed by atoms with Gasteiger partial charge in [-0.15, -0.1) is 11.8 Å². The normalized spacial score (nSPS) is 10.7. The molecule has 4 nitrogen and oxygen atoms in total. The van der Waals surface area contributed by atoms with Crippen molar-refractivity contribution in [3.8, 4) is 17.0 Å². The maximum absolute atomic E-state index is 10.8. The number of aromatic nitrogens is 1. The molecule has 0 aliphatic carbocycles. The summed E-state index contributed by atoms with van der Waals surface area (Å²) in [5.41, 5.74) is 2.79. The minimum Gasteiger partial charge on any atom is -0.497 e. The van der Waals surface area contributed by atoms with E-state index >= 15 is 0 Å². The molecule has 0 spiro atoms. The number of rotatable bonds is 6. The van der Waals surface area contributed by atoms with Gasteiger partial charge in [-0.1, -0.05) is 30.3 Å². The van der Waals surface area contributed by atoms with E-state index in [9.17, 15) is 4.79 Å². The summed E-state index contributed by atoms with van der Waals surface area (Å²) in [6.45, 7) is 0. The van der Waals surface area contributed by atoms with Gasteiger partial charge in [0, 0.05) is 21.6 Å². The molecule has 0 amide bonds. The molecular weight excluding hydrogens is 322 g/mol. The average molecular weight is 339 g/mol. The fraction of sp³-hybridized carbons (Fsp3) is 0.158. The number of hydrogen-bond donors (Lipinski definition) is 1. The highest BCUT2D eigenvalue weighted by atomic mass is 32.2. The number of pyridine rings is 1. The Kier molecular flexibility index (Phi) is 5.01. The van der Waals surface area contributed by atoms with Crippen LogP contribution in [0, 0.1) is 0 Å². The van der Waals surface area contributed by atoms with E-state index in [0.29, 0.717) is 5.75 Å². The number of ether oxygens (including phenoxy) is 1. The Morgan fingerprint density at radius 3 is 2.67 bits per heavy atom. The highest BCUT2D eigenvalue weighted by Crippen LogP contribution is 2.33. The SMILES string of the molecule is COc1ccc2nc(-c3ccccc3)cc(SCCC(=O)O)c2c1. The third-order valence-electron chi connectivity index (χ3n) is 3.62. The first-order chi connectivity index (χ1) is 11.7. The molecule has 0 radical (unpaired) electrons. The molecule has 0 unspecified atom stereocenters. The lowest BCUT2D eigenvalue weighted by Gasteiger charge is -2.10. The molecule has 0 fully saturated rings. The molecule has 1 aromatic heterocycles. The second-order valence-electron chi connectivity index (χ2n) is 5.25. The Hall–Kier alpha value is -2.53. The average Bonchev–Trinajstić information content (AvgIpc) is 2.61. The molecule has 0 saturated carbocycles. The second kappa shape index (κ2) is 7.36. The van der Waals surface area contributed by atoms with E-state index in [0.717, 1.165) is 32.8 Å². The first-order valence-corrected chi connectivity index (χ1v) is 8.55. The van der Waals surface area contributed by atoms with Crippen LogP contribution in [-0.2, 0) is 4.79 Å². The summed E-state index contributed by atoms with van der Waals surface area (Å²) >= 11 is 1.53. The van der Waals surface area contributed by atoms with Gasteiger partial charge in [-0.05, 0) is 24.3 Å². The summed E-state index contributed by atoms with van der Waals surface area (Å²) in [6.07, 6.45) is 0.124. The zero-order chi connectivity index (χ0) is 16.9. The summed E-state index contributed by atoms with van der Waals surface area (Å²) < 4.78 is 5.30. The van der Waals surface area contributed by atoms with E-state index in [1.54, 1.807) is 7.11 Å². The van der Waals surface area contributed by atoms with E-state index < -0.39 is 5.97 Å².